The molecule has 1 unspecified atom stereocenters. The van der Waals surface area contributed by atoms with E-state index in [0.29, 0.717) is 25.9 Å². The van der Waals surface area contributed by atoms with Crippen LogP contribution in [-0.4, -0.2) is 49.7 Å². The molecule has 0 aromatic rings. The van der Waals surface area contributed by atoms with Gasteiger partial charge in [-0.15, -0.1) is 0 Å². The third-order valence-electron chi connectivity index (χ3n) is 3.54. The van der Waals surface area contributed by atoms with Crippen molar-refractivity contribution in [1.82, 2.24) is 5.32 Å². The Morgan fingerprint density at radius 1 is 1.25 bits per heavy atom. The summed E-state index contributed by atoms with van der Waals surface area (Å²) in [5, 5.41) is 13.5. The molecule has 0 spiro atoms. The van der Waals surface area contributed by atoms with Crippen molar-refractivity contribution in [3.63, 3.8) is 0 Å². The highest BCUT2D eigenvalue weighted by Gasteiger charge is 2.29. The molecule has 2 fully saturated rings. The Hall–Kier alpha value is -0.160. The lowest BCUT2D eigenvalue weighted by Gasteiger charge is -2.32. The number of hydrogen-bond acceptors (Lipinski definition) is 4. The van der Waals surface area contributed by atoms with E-state index in [4.69, 9.17) is 9.47 Å². The lowest BCUT2D eigenvalue weighted by molar-refractivity contribution is -0.0617. The van der Waals surface area contributed by atoms with Crippen LogP contribution in [0.4, 0.5) is 0 Å². The fourth-order valence-corrected chi connectivity index (χ4v) is 2.38. The number of ether oxygens (including phenoxy) is 2. The van der Waals surface area contributed by atoms with E-state index < -0.39 is 5.60 Å². The minimum absolute atomic E-state index is 0.442. The number of nitrogens with one attached hydrogen (secondary N) is 1. The summed E-state index contributed by atoms with van der Waals surface area (Å²) in [5.41, 5.74) is -0.547. The molecular formula is C12H23NO3. The highest BCUT2D eigenvalue weighted by Crippen LogP contribution is 2.19. The van der Waals surface area contributed by atoms with Crippen molar-refractivity contribution in [3.8, 4) is 0 Å². The van der Waals surface area contributed by atoms with Gasteiger partial charge in [0.2, 0.25) is 0 Å². The van der Waals surface area contributed by atoms with Crippen molar-refractivity contribution in [2.75, 3.05) is 32.9 Å². The molecule has 0 bridgehead atoms. The molecule has 1 atom stereocenters. The quantitative estimate of drug-likeness (QED) is 0.681. The average Bonchev–Trinajstić information content (AvgIpc) is 2.78. The average molecular weight is 229 g/mol. The first-order valence-corrected chi connectivity index (χ1v) is 6.41. The van der Waals surface area contributed by atoms with Crippen molar-refractivity contribution in [3.05, 3.63) is 0 Å². The molecule has 2 aliphatic rings. The zero-order valence-corrected chi connectivity index (χ0v) is 9.91. The first kappa shape index (κ1) is 12.3. The Morgan fingerprint density at radius 3 is 2.75 bits per heavy atom. The predicted molar refractivity (Wildman–Crippen MR) is 61.5 cm³/mol. The van der Waals surface area contributed by atoms with Crippen LogP contribution in [0.2, 0.25) is 0 Å². The summed E-state index contributed by atoms with van der Waals surface area (Å²) in [6.45, 7) is 3.91. The van der Waals surface area contributed by atoms with E-state index >= 15 is 0 Å². The van der Waals surface area contributed by atoms with Crippen molar-refractivity contribution in [2.45, 2.75) is 43.8 Å². The predicted octanol–water partition coefficient (Wildman–Crippen LogP) is 0.687. The summed E-state index contributed by atoms with van der Waals surface area (Å²) in [7, 11) is 0. The molecule has 2 aliphatic heterocycles. The number of aliphatic hydroxyl groups is 1. The molecule has 0 aliphatic carbocycles. The van der Waals surface area contributed by atoms with Gasteiger partial charge in [0.05, 0.1) is 11.7 Å². The summed E-state index contributed by atoms with van der Waals surface area (Å²) >= 11 is 0. The van der Waals surface area contributed by atoms with Crippen LogP contribution in [-0.2, 0) is 9.47 Å². The molecule has 2 heterocycles. The van der Waals surface area contributed by atoms with Gasteiger partial charge in [0.1, 0.15) is 0 Å². The smallest absolute Gasteiger partial charge is 0.0815 e. The molecule has 0 saturated carbocycles. The van der Waals surface area contributed by atoms with Crippen LogP contribution in [0.1, 0.15) is 32.1 Å². The SMILES string of the molecule is OC1(CNCCC2CCCO2)CCOCC1. The van der Waals surface area contributed by atoms with Gasteiger partial charge in [0.25, 0.3) is 0 Å². The topological polar surface area (TPSA) is 50.7 Å². The molecule has 0 radical (unpaired) electrons. The zero-order valence-electron chi connectivity index (χ0n) is 9.91. The Labute approximate surface area is 97.3 Å². The van der Waals surface area contributed by atoms with Crippen molar-refractivity contribution in [2.24, 2.45) is 0 Å². The van der Waals surface area contributed by atoms with Gasteiger partial charge in [-0.25, -0.2) is 0 Å². The van der Waals surface area contributed by atoms with E-state index in [-0.39, 0.29) is 0 Å². The first-order valence-electron chi connectivity index (χ1n) is 6.41. The normalized spacial score (nSPS) is 29.4. The maximum absolute atomic E-state index is 10.2. The fourth-order valence-electron chi connectivity index (χ4n) is 2.38. The summed E-state index contributed by atoms with van der Waals surface area (Å²) < 4.78 is 10.8. The second kappa shape index (κ2) is 5.96. The Bertz CT molecular complexity index is 198. The number of hydrogen-bond donors (Lipinski definition) is 2. The van der Waals surface area contributed by atoms with E-state index in [1.54, 1.807) is 0 Å². The largest absolute Gasteiger partial charge is 0.388 e. The fraction of sp³-hybridized carbons (Fsp3) is 1.00. The van der Waals surface area contributed by atoms with Gasteiger partial charge in [0.15, 0.2) is 0 Å². The molecule has 4 heteroatoms. The molecular weight excluding hydrogens is 206 g/mol. The molecule has 0 amide bonds. The monoisotopic (exact) mass is 229 g/mol. The molecule has 94 valence electrons. The minimum Gasteiger partial charge on any atom is -0.388 e. The Balaban J connectivity index is 1.56. The highest BCUT2D eigenvalue weighted by molar-refractivity contribution is 4.83. The molecule has 0 aromatic carbocycles. The standard InChI is InChI=1S/C12H23NO3/c14-12(4-8-15-9-5-12)10-13-6-3-11-2-1-7-16-11/h11,13-14H,1-10H2. The van der Waals surface area contributed by atoms with Crippen LogP contribution in [0.3, 0.4) is 0 Å². The van der Waals surface area contributed by atoms with Crippen LogP contribution in [0, 0.1) is 0 Å². The van der Waals surface area contributed by atoms with E-state index in [1.807, 2.05) is 0 Å². The van der Waals surface area contributed by atoms with Gasteiger partial charge in [-0.05, 0) is 25.8 Å². The third-order valence-corrected chi connectivity index (χ3v) is 3.54. The second-order valence-electron chi connectivity index (χ2n) is 4.94. The van der Waals surface area contributed by atoms with Crippen molar-refractivity contribution < 1.29 is 14.6 Å². The molecule has 0 aromatic heterocycles. The summed E-state index contributed by atoms with van der Waals surface area (Å²) in [5.74, 6) is 0. The summed E-state index contributed by atoms with van der Waals surface area (Å²) in [4.78, 5) is 0. The minimum atomic E-state index is -0.547. The summed E-state index contributed by atoms with van der Waals surface area (Å²) in [6, 6.07) is 0. The maximum Gasteiger partial charge on any atom is 0.0815 e. The van der Waals surface area contributed by atoms with E-state index in [0.717, 1.165) is 32.4 Å². The number of rotatable bonds is 5. The van der Waals surface area contributed by atoms with Gasteiger partial charge in [-0.3, -0.25) is 0 Å². The third kappa shape index (κ3) is 3.70. The van der Waals surface area contributed by atoms with Gasteiger partial charge < -0.3 is 19.9 Å². The molecule has 2 N–H and O–H groups in total. The van der Waals surface area contributed by atoms with Gasteiger partial charge in [0, 0.05) is 39.2 Å². The van der Waals surface area contributed by atoms with Crippen LogP contribution in [0.15, 0.2) is 0 Å². The van der Waals surface area contributed by atoms with Crippen molar-refractivity contribution >= 4 is 0 Å². The first-order chi connectivity index (χ1) is 7.79. The lowest BCUT2D eigenvalue weighted by Crippen LogP contribution is -2.45. The molecule has 16 heavy (non-hydrogen) atoms. The van der Waals surface area contributed by atoms with Crippen LogP contribution in [0.5, 0.6) is 0 Å². The lowest BCUT2D eigenvalue weighted by atomic mass is 9.94. The van der Waals surface area contributed by atoms with Crippen LogP contribution >= 0.6 is 0 Å². The van der Waals surface area contributed by atoms with Gasteiger partial charge >= 0.3 is 0 Å². The summed E-state index contributed by atoms with van der Waals surface area (Å²) in [6.07, 6.45) is 5.40. The van der Waals surface area contributed by atoms with E-state index in [1.165, 1.54) is 12.8 Å². The van der Waals surface area contributed by atoms with Crippen LogP contribution in [0.25, 0.3) is 0 Å². The molecule has 2 saturated heterocycles. The van der Waals surface area contributed by atoms with E-state index in [2.05, 4.69) is 5.32 Å². The van der Waals surface area contributed by atoms with Crippen LogP contribution < -0.4 is 5.32 Å². The maximum atomic E-state index is 10.2. The highest BCUT2D eigenvalue weighted by atomic mass is 16.5. The second-order valence-corrected chi connectivity index (χ2v) is 4.94. The van der Waals surface area contributed by atoms with E-state index in [9.17, 15) is 5.11 Å². The van der Waals surface area contributed by atoms with Crippen molar-refractivity contribution in [1.29, 1.82) is 0 Å². The Morgan fingerprint density at radius 2 is 2.06 bits per heavy atom. The molecule has 2 rings (SSSR count). The van der Waals surface area contributed by atoms with Gasteiger partial charge in [-0.1, -0.05) is 0 Å². The molecule has 4 nitrogen and oxygen atoms in total. The zero-order chi connectivity index (χ0) is 11.3. The van der Waals surface area contributed by atoms with Gasteiger partial charge in [-0.2, -0.15) is 0 Å². The Kier molecular flexibility index (Phi) is 4.58.